The van der Waals surface area contributed by atoms with Crippen LogP contribution >= 0.6 is 11.3 Å². The van der Waals surface area contributed by atoms with Gasteiger partial charge < -0.3 is 55.5 Å². The molecule has 2 aliphatic rings. The lowest BCUT2D eigenvalue weighted by Gasteiger charge is -2.48. The molecule has 0 spiro atoms. The van der Waals surface area contributed by atoms with Gasteiger partial charge in [0.15, 0.2) is 6.29 Å². The van der Waals surface area contributed by atoms with Crippen molar-refractivity contribution in [2.45, 2.75) is 147 Å². The molecule has 2 saturated heterocycles. The second kappa shape index (κ2) is 19.3. The van der Waals surface area contributed by atoms with Crippen LogP contribution in [0.5, 0.6) is 0 Å². The number of esters is 1. The summed E-state index contributed by atoms with van der Waals surface area (Å²) in [6, 6.07) is -0.331. The number of thiazole rings is 1. The van der Waals surface area contributed by atoms with Crippen LogP contribution in [0, 0.1) is 23.7 Å². The molecule has 0 saturated carbocycles. The van der Waals surface area contributed by atoms with E-state index in [-0.39, 0.29) is 25.0 Å². The van der Waals surface area contributed by atoms with Crippen molar-refractivity contribution in [3.63, 3.8) is 0 Å². The van der Waals surface area contributed by atoms with Gasteiger partial charge in [0.25, 0.3) is 0 Å². The van der Waals surface area contributed by atoms with Crippen molar-refractivity contribution in [1.29, 1.82) is 0 Å². The number of ether oxygens (including phenoxy) is 3. The van der Waals surface area contributed by atoms with Crippen LogP contribution in [0.2, 0.25) is 0 Å². The maximum Gasteiger partial charge on any atom is 0.311 e. The van der Waals surface area contributed by atoms with Gasteiger partial charge in [-0.2, -0.15) is 0 Å². The first-order valence-corrected chi connectivity index (χ1v) is 19.4. The van der Waals surface area contributed by atoms with Crippen molar-refractivity contribution in [3.05, 3.63) is 16.6 Å². The lowest BCUT2D eigenvalue weighted by atomic mass is 9.73. The lowest BCUT2D eigenvalue weighted by Crippen LogP contribution is -2.60. The van der Waals surface area contributed by atoms with Gasteiger partial charge in [0.05, 0.1) is 42.0 Å². The molecule has 3 rings (SSSR count). The van der Waals surface area contributed by atoms with E-state index in [4.69, 9.17) is 14.2 Å². The zero-order valence-electron chi connectivity index (χ0n) is 31.9. The van der Waals surface area contributed by atoms with Gasteiger partial charge in [-0.05, 0) is 59.9 Å². The Labute approximate surface area is 307 Å². The number of hydrogen-bond acceptors (Lipinski definition) is 15. The van der Waals surface area contributed by atoms with Crippen LogP contribution in [0.1, 0.15) is 79.7 Å². The van der Waals surface area contributed by atoms with E-state index < -0.39 is 83.8 Å². The van der Waals surface area contributed by atoms with Crippen molar-refractivity contribution in [1.82, 2.24) is 20.5 Å². The smallest absolute Gasteiger partial charge is 0.311 e. The average Bonchev–Trinajstić information content (AvgIpc) is 3.60. The molecule has 0 radical (unpaired) electrons. The Morgan fingerprint density at radius 1 is 1.00 bits per heavy atom. The average molecular weight is 747 g/mol. The molecule has 296 valence electrons. The summed E-state index contributed by atoms with van der Waals surface area (Å²) in [6.45, 7) is 16.6. The van der Waals surface area contributed by atoms with Gasteiger partial charge in [0, 0.05) is 62.2 Å². The largest absolute Gasteiger partial charge is 0.459 e. The zero-order chi connectivity index (χ0) is 38.3. The van der Waals surface area contributed by atoms with Crippen LogP contribution in [0.25, 0.3) is 0 Å². The number of rotatable bonds is 12. The molecule has 0 unspecified atom stereocenters. The minimum atomic E-state index is -1.90. The summed E-state index contributed by atoms with van der Waals surface area (Å²) >= 11 is 1.61. The Bertz CT molecular complexity index is 1180. The SMILES string of the molecule is CC[C@H]1OC(=O)[C@H](C)[C@@H](O)[C@H](C)[C@@H](O[C@@H]2O[C@H](C)C[C@H](N(C)CCNCCNCc3nccs3)[C@H]2O)[C@@](C)(O)C[C@@H](C)[C@H](O)[C@H](C)[C@@H](O)[C@]1(C)O. The quantitative estimate of drug-likeness (QED) is 0.110. The van der Waals surface area contributed by atoms with Crippen molar-refractivity contribution in [3.8, 4) is 0 Å². The summed E-state index contributed by atoms with van der Waals surface area (Å²) in [5, 5.41) is 79.0. The Morgan fingerprint density at radius 2 is 1.67 bits per heavy atom. The third-order valence-electron chi connectivity index (χ3n) is 11.1. The highest BCUT2D eigenvalue weighted by Gasteiger charge is 2.51. The standard InChI is InChI=1S/C36H66N4O10S/c1-10-26-36(8,47)31(44)22(4)28(41)20(2)18-35(7,46)32(23(5)29(42)24(6)33(45)49-26)50-34-30(43)25(17-21(3)48-34)40(9)15-13-37-11-12-38-19-27-39-14-16-51-27/h14,16,20-26,28-32,34,37-38,41-44,46-47H,10-13,15,17-19H2,1-9H3/t20-,21-,22+,23+,24-,25+,26-,28+,29+,30-,31-,32-,34+,35+,36-/m1/s1. The molecule has 2 aliphatic heterocycles. The molecule has 2 fully saturated rings. The van der Waals surface area contributed by atoms with Gasteiger partial charge in [0.2, 0.25) is 0 Å². The number of hydrogen-bond donors (Lipinski definition) is 8. The van der Waals surface area contributed by atoms with E-state index in [1.165, 1.54) is 20.8 Å². The first-order valence-electron chi connectivity index (χ1n) is 18.5. The number of carbonyl (C=O) groups is 1. The van der Waals surface area contributed by atoms with Crippen LogP contribution in [0.3, 0.4) is 0 Å². The highest BCUT2D eigenvalue weighted by Crippen LogP contribution is 2.38. The maximum atomic E-state index is 13.4. The number of aliphatic hydroxyl groups is 6. The third kappa shape index (κ3) is 11.3. The number of aliphatic hydroxyl groups excluding tert-OH is 4. The summed E-state index contributed by atoms with van der Waals surface area (Å²) in [6.07, 6.45) is -6.40. The van der Waals surface area contributed by atoms with Crippen LogP contribution in [0.15, 0.2) is 11.6 Å². The second-order valence-electron chi connectivity index (χ2n) is 15.5. The molecule has 0 bridgehead atoms. The summed E-state index contributed by atoms with van der Waals surface area (Å²) in [7, 11) is 1.93. The summed E-state index contributed by atoms with van der Waals surface area (Å²) in [5.74, 6) is -4.24. The predicted molar refractivity (Wildman–Crippen MR) is 194 cm³/mol. The van der Waals surface area contributed by atoms with E-state index in [1.54, 1.807) is 45.2 Å². The zero-order valence-corrected chi connectivity index (χ0v) is 32.8. The number of carbonyl (C=O) groups excluding carboxylic acids is 1. The third-order valence-corrected chi connectivity index (χ3v) is 11.9. The molecule has 15 atom stereocenters. The fraction of sp³-hybridized carbons (Fsp3) is 0.889. The Kier molecular flexibility index (Phi) is 16.7. The molecule has 0 amide bonds. The van der Waals surface area contributed by atoms with Crippen LogP contribution < -0.4 is 10.6 Å². The summed E-state index contributed by atoms with van der Waals surface area (Å²) in [4.78, 5) is 19.7. The molecule has 8 N–H and O–H groups in total. The fourth-order valence-corrected chi connectivity index (χ4v) is 8.36. The first kappa shape index (κ1) is 44.1. The first-order chi connectivity index (χ1) is 23.8. The molecule has 0 aromatic carbocycles. The van der Waals surface area contributed by atoms with E-state index >= 15 is 0 Å². The van der Waals surface area contributed by atoms with Gasteiger partial charge in [-0.3, -0.25) is 9.69 Å². The molecule has 15 heteroatoms. The monoisotopic (exact) mass is 746 g/mol. The predicted octanol–water partition coefficient (Wildman–Crippen LogP) is 0.858. The molecular weight excluding hydrogens is 680 g/mol. The molecular formula is C36H66N4O10S. The van der Waals surface area contributed by atoms with Gasteiger partial charge in [-0.25, -0.2) is 4.98 Å². The van der Waals surface area contributed by atoms with Gasteiger partial charge in [-0.1, -0.05) is 27.7 Å². The molecule has 3 heterocycles. The van der Waals surface area contributed by atoms with E-state index in [0.717, 1.165) is 24.6 Å². The van der Waals surface area contributed by atoms with Crippen LogP contribution in [0.4, 0.5) is 0 Å². The number of nitrogens with zero attached hydrogens (tertiary/aromatic N) is 2. The Balaban J connectivity index is 1.77. The van der Waals surface area contributed by atoms with E-state index in [2.05, 4.69) is 20.5 Å². The van der Waals surface area contributed by atoms with E-state index in [9.17, 15) is 35.4 Å². The second-order valence-corrected chi connectivity index (χ2v) is 16.5. The molecule has 1 aromatic heterocycles. The van der Waals surface area contributed by atoms with E-state index in [0.29, 0.717) is 19.5 Å². The molecule has 51 heavy (non-hydrogen) atoms. The van der Waals surface area contributed by atoms with Crippen molar-refractivity contribution in [2.24, 2.45) is 23.7 Å². The Morgan fingerprint density at radius 3 is 2.29 bits per heavy atom. The topological polar surface area (TPSA) is 206 Å². The minimum Gasteiger partial charge on any atom is -0.459 e. The molecule has 1 aromatic rings. The van der Waals surface area contributed by atoms with Crippen molar-refractivity contribution in [2.75, 3.05) is 33.2 Å². The number of aromatic nitrogens is 1. The molecule has 0 aliphatic carbocycles. The Hall–Kier alpha value is -1.34. The van der Waals surface area contributed by atoms with Crippen molar-refractivity contribution >= 4 is 17.3 Å². The fourth-order valence-electron chi connectivity index (χ4n) is 7.77. The van der Waals surface area contributed by atoms with Crippen LogP contribution in [-0.2, 0) is 25.5 Å². The molecule has 14 nitrogen and oxygen atoms in total. The number of cyclic esters (lactones) is 1. The van der Waals surface area contributed by atoms with Gasteiger partial charge in [0.1, 0.15) is 22.8 Å². The van der Waals surface area contributed by atoms with Gasteiger partial charge >= 0.3 is 5.97 Å². The number of nitrogens with one attached hydrogen (secondary N) is 2. The summed E-state index contributed by atoms with van der Waals surface area (Å²) < 4.78 is 18.3. The highest BCUT2D eigenvalue weighted by molar-refractivity contribution is 7.09. The van der Waals surface area contributed by atoms with Crippen LogP contribution in [-0.4, -0.2) is 146 Å². The summed E-state index contributed by atoms with van der Waals surface area (Å²) in [5.41, 5.74) is -3.61. The van der Waals surface area contributed by atoms with E-state index in [1.807, 2.05) is 19.4 Å². The maximum absolute atomic E-state index is 13.4. The lowest BCUT2D eigenvalue weighted by molar-refractivity contribution is -0.300. The van der Waals surface area contributed by atoms with Gasteiger partial charge in [-0.15, -0.1) is 11.3 Å². The number of likely N-dealkylation sites (N-methyl/N-ethyl adjacent to an activating group) is 1. The van der Waals surface area contributed by atoms with Crippen molar-refractivity contribution < 1.29 is 49.6 Å². The minimum absolute atomic E-state index is 0.0306. The normalized spacial score (nSPS) is 42.0. The highest BCUT2D eigenvalue weighted by atomic mass is 32.1.